The Morgan fingerprint density at radius 3 is 2.50 bits per heavy atom. The van der Waals surface area contributed by atoms with Crippen molar-refractivity contribution in [2.45, 2.75) is 31.7 Å². The van der Waals surface area contributed by atoms with E-state index in [0.29, 0.717) is 12.8 Å². The molecule has 0 unspecified atom stereocenters. The zero-order valence-electron chi connectivity index (χ0n) is 13.6. The van der Waals surface area contributed by atoms with Crippen LogP contribution in [0, 0.1) is 0 Å². The molecule has 1 aliphatic rings. The summed E-state index contributed by atoms with van der Waals surface area (Å²) >= 11 is 1.56. The van der Waals surface area contributed by atoms with E-state index in [1.165, 1.54) is 0 Å². The highest BCUT2D eigenvalue weighted by molar-refractivity contribution is 7.10. The Hall–Kier alpha value is -2.14. The van der Waals surface area contributed by atoms with E-state index in [9.17, 15) is 9.59 Å². The molecule has 1 fully saturated rings. The fourth-order valence-corrected chi connectivity index (χ4v) is 3.73. The Kier molecular flexibility index (Phi) is 5.64. The van der Waals surface area contributed by atoms with Crippen molar-refractivity contribution in [3.05, 3.63) is 58.3 Å². The lowest BCUT2D eigenvalue weighted by Crippen LogP contribution is -2.49. The van der Waals surface area contributed by atoms with Crippen LogP contribution >= 0.6 is 11.3 Å². The lowest BCUT2D eigenvalue weighted by molar-refractivity contribution is -0.135. The van der Waals surface area contributed by atoms with Gasteiger partial charge in [-0.05, 0) is 29.9 Å². The molecule has 0 saturated carbocycles. The van der Waals surface area contributed by atoms with Gasteiger partial charge in [0.2, 0.25) is 11.8 Å². The van der Waals surface area contributed by atoms with Gasteiger partial charge in [0, 0.05) is 24.4 Å². The number of carbonyl (C=O) groups is 2. The van der Waals surface area contributed by atoms with Crippen LogP contribution in [-0.2, 0) is 22.4 Å². The normalized spacial score (nSPS) is 15.2. The van der Waals surface area contributed by atoms with Crippen molar-refractivity contribution in [1.82, 2.24) is 10.2 Å². The summed E-state index contributed by atoms with van der Waals surface area (Å²) in [5.41, 5.74) is 1.06. The average molecular weight is 342 g/mol. The van der Waals surface area contributed by atoms with E-state index < -0.39 is 6.04 Å². The van der Waals surface area contributed by atoms with Crippen LogP contribution in [0.4, 0.5) is 0 Å². The summed E-state index contributed by atoms with van der Waals surface area (Å²) in [6.45, 7) is 1.59. The molecule has 2 aromatic rings. The van der Waals surface area contributed by atoms with E-state index in [1.807, 2.05) is 52.7 Å². The van der Waals surface area contributed by atoms with Crippen LogP contribution in [0.1, 0.15) is 23.3 Å². The smallest absolute Gasteiger partial charge is 0.245 e. The lowest BCUT2D eigenvalue weighted by atomic mass is 10.0. The van der Waals surface area contributed by atoms with Gasteiger partial charge in [0.05, 0.1) is 6.42 Å². The Balaban J connectivity index is 1.68. The number of hydrogen-bond donors (Lipinski definition) is 1. The summed E-state index contributed by atoms with van der Waals surface area (Å²) < 4.78 is 0. The predicted octanol–water partition coefficient (Wildman–Crippen LogP) is 2.64. The van der Waals surface area contributed by atoms with Gasteiger partial charge < -0.3 is 10.2 Å². The maximum absolute atomic E-state index is 12.8. The zero-order chi connectivity index (χ0) is 16.8. The van der Waals surface area contributed by atoms with E-state index in [1.54, 1.807) is 11.3 Å². The highest BCUT2D eigenvalue weighted by Gasteiger charge is 2.28. The molecule has 1 atom stereocenters. The quantitative estimate of drug-likeness (QED) is 0.877. The van der Waals surface area contributed by atoms with Crippen LogP contribution in [-0.4, -0.2) is 35.8 Å². The number of nitrogens with one attached hydrogen (secondary N) is 1. The summed E-state index contributed by atoms with van der Waals surface area (Å²) in [6, 6.07) is 13.3. The first kappa shape index (κ1) is 16.7. The van der Waals surface area contributed by atoms with Crippen LogP contribution in [0.2, 0.25) is 0 Å². The second-order valence-corrected chi connectivity index (χ2v) is 7.13. The first-order valence-electron chi connectivity index (χ1n) is 8.37. The molecule has 4 nitrogen and oxygen atoms in total. The van der Waals surface area contributed by atoms with Crippen LogP contribution in [0.25, 0.3) is 0 Å². The van der Waals surface area contributed by atoms with Crippen LogP contribution in [0.3, 0.4) is 0 Å². The number of carbonyl (C=O) groups excluding carboxylic acids is 2. The van der Waals surface area contributed by atoms with Crippen LogP contribution in [0.5, 0.6) is 0 Å². The predicted molar refractivity (Wildman–Crippen MR) is 95.9 cm³/mol. The third-order valence-electron chi connectivity index (χ3n) is 4.25. The minimum absolute atomic E-state index is 0.0379. The molecule has 3 rings (SSSR count). The number of amides is 2. The first-order valence-corrected chi connectivity index (χ1v) is 9.25. The molecule has 2 amide bonds. The molecule has 5 heteroatoms. The largest absolute Gasteiger partial charge is 0.344 e. The standard InChI is InChI=1S/C19H22N2O2S/c22-18(14-16-9-6-12-24-16)20-17(13-15-7-2-1-3-8-15)19(23)21-10-4-5-11-21/h1-3,6-9,12,17H,4-5,10-11,13-14H2,(H,20,22)/t17-/m0/s1. The number of rotatable bonds is 6. The van der Waals surface area contributed by atoms with E-state index in [-0.39, 0.29) is 11.8 Å². The van der Waals surface area contributed by atoms with E-state index in [2.05, 4.69) is 5.32 Å². The van der Waals surface area contributed by atoms with Crippen molar-refractivity contribution in [2.75, 3.05) is 13.1 Å². The van der Waals surface area contributed by atoms with Gasteiger partial charge in [-0.2, -0.15) is 0 Å². The molecule has 1 N–H and O–H groups in total. The van der Waals surface area contributed by atoms with Gasteiger partial charge >= 0.3 is 0 Å². The lowest BCUT2D eigenvalue weighted by Gasteiger charge is -2.24. The molecule has 0 aliphatic carbocycles. The first-order chi connectivity index (χ1) is 11.7. The Morgan fingerprint density at radius 2 is 1.83 bits per heavy atom. The third-order valence-corrected chi connectivity index (χ3v) is 5.12. The fraction of sp³-hybridized carbons (Fsp3) is 0.368. The Labute approximate surface area is 146 Å². The van der Waals surface area contributed by atoms with Gasteiger partial charge in [-0.1, -0.05) is 36.4 Å². The third kappa shape index (κ3) is 4.45. The number of likely N-dealkylation sites (tertiary alicyclic amines) is 1. The molecule has 0 bridgehead atoms. The molecular weight excluding hydrogens is 320 g/mol. The molecule has 1 aromatic carbocycles. The highest BCUT2D eigenvalue weighted by Crippen LogP contribution is 2.13. The molecule has 1 aromatic heterocycles. The summed E-state index contributed by atoms with van der Waals surface area (Å²) in [6.07, 6.45) is 2.96. The second kappa shape index (κ2) is 8.11. The maximum Gasteiger partial charge on any atom is 0.245 e. The number of hydrogen-bond acceptors (Lipinski definition) is 3. The van der Waals surface area contributed by atoms with Gasteiger partial charge in [0.15, 0.2) is 0 Å². The Bertz CT molecular complexity index is 664. The van der Waals surface area contributed by atoms with Crippen LogP contribution < -0.4 is 5.32 Å². The van der Waals surface area contributed by atoms with Gasteiger partial charge in [-0.25, -0.2) is 0 Å². The fourth-order valence-electron chi connectivity index (χ4n) is 3.02. The molecule has 1 aliphatic heterocycles. The molecule has 24 heavy (non-hydrogen) atoms. The number of nitrogens with zero attached hydrogens (tertiary/aromatic N) is 1. The molecule has 2 heterocycles. The average Bonchev–Trinajstić information content (AvgIpc) is 3.28. The van der Waals surface area contributed by atoms with Crippen molar-refractivity contribution in [3.63, 3.8) is 0 Å². The van der Waals surface area contributed by atoms with Crippen molar-refractivity contribution >= 4 is 23.2 Å². The van der Waals surface area contributed by atoms with E-state index >= 15 is 0 Å². The minimum atomic E-state index is -0.488. The molecular formula is C19H22N2O2S. The molecule has 1 saturated heterocycles. The number of benzene rings is 1. The number of thiophene rings is 1. The maximum atomic E-state index is 12.8. The minimum Gasteiger partial charge on any atom is -0.344 e. The summed E-state index contributed by atoms with van der Waals surface area (Å²) in [5, 5.41) is 4.91. The van der Waals surface area contributed by atoms with Gasteiger partial charge in [-0.15, -0.1) is 11.3 Å². The SMILES string of the molecule is O=C(Cc1cccs1)N[C@@H](Cc1ccccc1)C(=O)N1CCCC1. The summed E-state index contributed by atoms with van der Waals surface area (Å²) in [5.74, 6) is -0.0539. The van der Waals surface area contributed by atoms with Crippen molar-refractivity contribution < 1.29 is 9.59 Å². The topological polar surface area (TPSA) is 49.4 Å². The molecule has 0 spiro atoms. The molecule has 0 radical (unpaired) electrons. The van der Waals surface area contributed by atoms with Gasteiger partial charge in [0.1, 0.15) is 6.04 Å². The highest BCUT2D eigenvalue weighted by atomic mass is 32.1. The van der Waals surface area contributed by atoms with Crippen molar-refractivity contribution in [2.24, 2.45) is 0 Å². The summed E-state index contributed by atoms with van der Waals surface area (Å²) in [4.78, 5) is 28.0. The second-order valence-electron chi connectivity index (χ2n) is 6.10. The molecule has 126 valence electrons. The Morgan fingerprint density at radius 1 is 1.08 bits per heavy atom. The van der Waals surface area contributed by atoms with E-state index in [4.69, 9.17) is 0 Å². The van der Waals surface area contributed by atoms with Crippen LogP contribution in [0.15, 0.2) is 47.8 Å². The van der Waals surface area contributed by atoms with Gasteiger partial charge in [0.25, 0.3) is 0 Å². The van der Waals surface area contributed by atoms with E-state index in [0.717, 1.165) is 36.4 Å². The van der Waals surface area contributed by atoms with Gasteiger partial charge in [-0.3, -0.25) is 9.59 Å². The monoisotopic (exact) mass is 342 g/mol. The van der Waals surface area contributed by atoms with Crippen molar-refractivity contribution in [1.29, 1.82) is 0 Å². The van der Waals surface area contributed by atoms with Crippen molar-refractivity contribution in [3.8, 4) is 0 Å². The zero-order valence-corrected chi connectivity index (χ0v) is 14.4. The summed E-state index contributed by atoms with van der Waals surface area (Å²) in [7, 11) is 0.